The summed E-state index contributed by atoms with van der Waals surface area (Å²) in [6.45, 7) is 16.6. The van der Waals surface area contributed by atoms with E-state index >= 15 is 0 Å². The zero-order chi connectivity index (χ0) is 15.7. The van der Waals surface area contributed by atoms with Crippen LogP contribution in [0.25, 0.3) is 0 Å². The van der Waals surface area contributed by atoms with Gasteiger partial charge in [-0.15, -0.1) is 0 Å². The first-order valence-electron chi connectivity index (χ1n) is 9.48. The lowest BCUT2D eigenvalue weighted by molar-refractivity contribution is 0.158. The lowest BCUT2D eigenvalue weighted by Crippen LogP contribution is -2.48. The van der Waals surface area contributed by atoms with Gasteiger partial charge < -0.3 is 10.2 Å². The quantitative estimate of drug-likeness (QED) is 0.636. The molecule has 0 radical (unpaired) electrons. The number of rotatable bonds is 10. The molecule has 21 heavy (non-hydrogen) atoms. The second-order valence-corrected chi connectivity index (χ2v) is 7.96. The van der Waals surface area contributed by atoms with Crippen LogP contribution in [0.2, 0.25) is 0 Å². The summed E-state index contributed by atoms with van der Waals surface area (Å²) in [6.07, 6.45) is 8.49. The van der Waals surface area contributed by atoms with Gasteiger partial charge in [0.05, 0.1) is 0 Å². The average molecular weight is 297 g/mol. The fourth-order valence-electron chi connectivity index (χ4n) is 3.78. The minimum atomic E-state index is 0.711. The second kappa shape index (κ2) is 10.6. The molecule has 1 fully saturated rings. The Kier molecular flexibility index (Phi) is 9.59. The van der Waals surface area contributed by atoms with E-state index in [2.05, 4.69) is 44.8 Å². The molecule has 0 aromatic rings. The Morgan fingerprint density at radius 1 is 0.905 bits per heavy atom. The Hall–Kier alpha value is -0.0800. The van der Waals surface area contributed by atoms with E-state index in [4.69, 9.17) is 0 Å². The molecule has 0 saturated heterocycles. The Bertz CT molecular complexity index is 234. The third-order valence-electron chi connectivity index (χ3n) is 4.58. The van der Waals surface area contributed by atoms with Gasteiger partial charge in [0.2, 0.25) is 0 Å². The van der Waals surface area contributed by atoms with Crippen molar-refractivity contribution in [1.82, 2.24) is 10.2 Å². The van der Waals surface area contributed by atoms with Crippen LogP contribution in [0.15, 0.2) is 0 Å². The molecule has 1 rings (SSSR count). The first-order chi connectivity index (χ1) is 10.0. The van der Waals surface area contributed by atoms with Gasteiger partial charge in [-0.25, -0.2) is 0 Å². The van der Waals surface area contributed by atoms with E-state index in [1.807, 2.05) is 0 Å². The predicted octanol–water partition coefficient (Wildman–Crippen LogP) is 4.55. The highest BCUT2D eigenvalue weighted by atomic mass is 15.2. The average Bonchev–Trinajstić information content (AvgIpc) is 2.43. The highest BCUT2D eigenvalue weighted by Gasteiger charge is 2.25. The predicted molar refractivity (Wildman–Crippen MR) is 94.8 cm³/mol. The molecule has 0 spiro atoms. The van der Waals surface area contributed by atoms with E-state index in [1.165, 1.54) is 64.7 Å². The van der Waals surface area contributed by atoms with Crippen molar-refractivity contribution in [2.75, 3.05) is 26.2 Å². The van der Waals surface area contributed by atoms with Gasteiger partial charge in [-0.05, 0) is 43.6 Å². The largest absolute Gasteiger partial charge is 0.312 e. The number of hydrogen-bond donors (Lipinski definition) is 1. The van der Waals surface area contributed by atoms with Crippen molar-refractivity contribution in [2.24, 2.45) is 17.8 Å². The molecule has 0 amide bonds. The molecular formula is C19H40N2. The fourth-order valence-corrected chi connectivity index (χ4v) is 3.78. The van der Waals surface area contributed by atoms with Crippen LogP contribution >= 0.6 is 0 Å². The van der Waals surface area contributed by atoms with Crippen molar-refractivity contribution in [3.63, 3.8) is 0 Å². The smallest absolute Gasteiger partial charge is 0.0223 e. The number of hydrogen-bond acceptors (Lipinski definition) is 2. The molecule has 1 atom stereocenters. The topological polar surface area (TPSA) is 15.3 Å². The van der Waals surface area contributed by atoms with E-state index in [1.54, 1.807) is 0 Å². The zero-order valence-electron chi connectivity index (χ0n) is 15.3. The normalized spacial score (nSPS) is 18.9. The Balaban J connectivity index is 2.60. The van der Waals surface area contributed by atoms with Crippen molar-refractivity contribution in [3.05, 3.63) is 0 Å². The summed E-state index contributed by atoms with van der Waals surface area (Å²) >= 11 is 0. The molecule has 2 nitrogen and oxygen atoms in total. The summed E-state index contributed by atoms with van der Waals surface area (Å²) in [6, 6.07) is 0.711. The molecule has 1 N–H and O–H groups in total. The third-order valence-corrected chi connectivity index (χ3v) is 4.58. The molecule has 0 aromatic carbocycles. The Morgan fingerprint density at radius 2 is 1.48 bits per heavy atom. The van der Waals surface area contributed by atoms with E-state index in [9.17, 15) is 0 Å². The maximum absolute atomic E-state index is 3.87. The lowest BCUT2D eigenvalue weighted by Gasteiger charge is -2.36. The van der Waals surface area contributed by atoms with Crippen molar-refractivity contribution in [3.8, 4) is 0 Å². The molecule has 2 heteroatoms. The summed E-state index contributed by atoms with van der Waals surface area (Å²) in [5, 5.41) is 3.87. The van der Waals surface area contributed by atoms with Gasteiger partial charge in [-0.2, -0.15) is 0 Å². The summed E-state index contributed by atoms with van der Waals surface area (Å²) < 4.78 is 0. The second-order valence-electron chi connectivity index (χ2n) is 7.96. The molecule has 1 unspecified atom stereocenters. The van der Waals surface area contributed by atoms with Crippen LogP contribution in [-0.4, -0.2) is 37.1 Å². The van der Waals surface area contributed by atoms with E-state index < -0.39 is 0 Å². The molecule has 1 aliphatic rings. The van der Waals surface area contributed by atoms with Crippen LogP contribution < -0.4 is 5.32 Å². The number of nitrogens with zero attached hydrogens (tertiary/aromatic N) is 1. The maximum atomic E-state index is 3.87. The van der Waals surface area contributed by atoms with Crippen LogP contribution in [0.1, 0.15) is 73.1 Å². The van der Waals surface area contributed by atoms with Crippen LogP contribution in [0.3, 0.4) is 0 Å². The molecule has 126 valence electrons. The van der Waals surface area contributed by atoms with Gasteiger partial charge in [-0.1, -0.05) is 53.9 Å². The zero-order valence-corrected chi connectivity index (χ0v) is 15.3. The van der Waals surface area contributed by atoms with Crippen LogP contribution in [-0.2, 0) is 0 Å². The standard InChI is InChI=1S/C19H40N2/c1-6-12-20-19(18-10-8-7-9-11-18)15-21(13-16(2)3)14-17(4)5/h16-20H,6-15H2,1-5H3. The molecule has 1 saturated carbocycles. The molecular weight excluding hydrogens is 256 g/mol. The summed E-state index contributed by atoms with van der Waals surface area (Å²) in [7, 11) is 0. The summed E-state index contributed by atoms with van der Waals surface area (Å²) in [5.41, 5.74) is 0. The van der Waals surface area contributed by atoms with Gasteiger partial charge in [-0.3, -0.25) is 0 Å². The molecule has 0 bridgehead atoms. The van der Waals surface area contributed by atoms with Crippen LogP contribution in [0.4, 0.5) is 0 Å². The minimum Gasteiger partial charge on any atom is -0.312 e. The molecule has 0 aromatic heterocycles. The monoisotopic (exact) mass is 296 g/mol. The van der Waals surface area contributed by atoms with E-state index in [0.29, 0.717) is 6.04 Å². The third kappa shape index (κ3) is 8.21. The van der Waals surface area contributed by atoms with Crippen molar-refractivity contribution < 1.29 is 0 Å². The van der Waals surface area contributed by atoms with Crippen molar-refractivity contribution in [2.45, 2.75) is 79.2 Å². The molecule has 1 aliphatic carbocycles. The van der Waals surface area contributed by atoms with Crippen LogP contribution in [0.5, 0.6) is 0 Å². The Labute approximate surface area is 134 Å². The fraction of sp³-hybridized carbons (Fsp3) is 1.00. The first-order valence-corrected chi connectivity index (χ1v) is 9.48. The summed E-state index contributed by atoms with van der Waals surface area (Å²) in [4.78, 5) is 2.72. The van der Waals surface area contributed by atoms with Gasteiger partial charge in [0.25, 0.3) is 0 Å². The van der Waals surface area contributed by atoms with Gasteiger partial charge in [0, 0.05) is 25.7 Å². The maximum Gasteiger partial charge on any atom is 0.0223 e. The summed E-state index contributed by atoms with van der Waals surface area (Å²) in [5.74, 6) is 2.44. The van der Waals surface area contributed by atoms with Gasteiger partial charge in [0.15, 0.2) is 0 Å². The van der Waals surface area contributed by atoms with Crippen molar-refractivity contribution >= 4 is 0 Å². The molecule has 0 aliphatic heterocycles. The minimum absolute atomic E-state index is 0.711. The highest BCUT2D eigenvalue weighted by Crippen LogP contribution is 2.27. The van der Waals surface area contributed by atoms with E-state index in [0.717, 1.165) is 17.8 Å². The first kappa shape index (κ1) is 19.0. The molecule has 0 heterocycles. The van der Waals surface area contributed by atoms with Crippen molar-refractivity contribution in [1.29, 1.82) is 0 Å². The number of nitrogens with one attached hydrogen (secondary N) is 1. The van der Waals surface area contributed by atoms with Gasteiger partial charge in [0.1, 0.15) is 0 Å². The van der Waals surface area contributed by atoms with Gasteiger partial charge >= 0.3 is 0 Å². The highest BCUT2D eigenvalue weighted by molar-refractivity contribution is 4.83. The van der Waals surface area contributed by atoms with E-state index in [-0.39, 0.29) is 0 Å². The Morgan fingerprint density at radius 3 is 1.95 bits per heavy atom. The van der Waals surface area contributed by atoms with Crippen LogP contribution in [0, 0.1) is 17.8 Å². The lowest BCUT2D eigenvalue weighted by atomic mass is 9.83. The SMILES string of the molecule is CCCNC(CN(CC(C)C)CC(C)C)C1CCCCC1.